The first-order valence-electron chi connectivity index (χ1n) is 10.2. The van der Waals surface area contributed by atoms with Crippen LogP contribution in [0.15, 0.2) is 60.7 Å². The summed E-state index contributed by atoms with van der Waals surface area (Å²) in [5.74, 6) is -2.09. The number of para-hydroxylation sites is 1. The first kappa shape index (κ1) is 24.6. The molecule has 2 atom stereocenters. The van der Waals surface area contributed by atoms with Gasteiger partial charge in [0.05, 0.1) is 26.7 Å². The van der Waals surface area contributed by atoms with Crippen LogP contribution in [0, 0.1) is 5.92 Å². The number of thiazole rings is 1. The SMILES string of the molecule is O=C(Nc1nc2ccccc2s1)c1cc(NC(=O)[C@@H]2[C@@H](c3cc(Cl)cc(Cl)c3)C2(Cl)Cl)ccc1Cl. The van der Waals surface area contributed by atoms with E-state index in [2.05, 4.69) is 15.6 Å². The van der Waals surface area contributed by atoms with E-state index in [4.69, 9.17) is 58.0 Å². The number of amides is 2. The molecule has 178 valence electrons. The maximum absolute atomic E-state index is 13.0. The van der Waals surface area contributed by atoms with Crippen molar-refractivity contribution in [2.24, 2.45) is 5.92 Å². The van der Waals surface area contributed by atoms with E-state index in [0.717, 1.165) is 10.2 Å². The highest BCUT2D eigenvalue weighted by Gasteiger charge is 2.67. The van der Waals surface area contributed by atoms with Gasteiger partial charge < -0.3 is 5.32 Å². The van der Waals surface area contributed by atoms with Gasteiger partial charge in [0.15, 0.2) is 5.13 Å². The lowest BCUT2D eigenvalue weighted by Crippen LogP contribution is -2.18. The average molecular weight is 586 g/mol. The second-order valence-corrected chi connectivity index (χ2v) is 11.7. The Morgan fingerprint density at radius 2 is 1.63 bits per heavy atom. The molecular formula is C24H14Cl5N3O2S. The van der Waals surface area contributed by atoms with E-state index >= 15 is 0 Å². The highest BCUT2D eigenvalue weighted by molar-refractivity contribution is 7.22. The summed E-state index contributed by atoms with van der Waals surface area (Å²) in [4.78, 5) is 30.3. The van der Waals surface area contributed by atoms with Gasteiger partial charge in [-0.25, -0.2) is 4.98 Å². The van der Waals surface area contributed by atoms with Crippen molar-refractivity contribution in [3.8, 4) is 0 Å². The molecule has 0 radical (unpaired) electrons. The number of fused-ring (bicyclic) bond motifs is 1. The van der Waals surface area contributed by atoms with Crippen LogP contribution in [0.1, 0.15) is 21.8 Å². The molecule has 2 N–H and O–H groups in total. The lowest BCUT2D eigenvalue weighted by Gasteiger charge is -2.09. The fourth-order valence-corrected chi connectivity index (χ4v) is 6.34. The van der Waals surface area contributed by atoms with Gasteiger partial charge in [-0.2, -0.15) is 0 Å². The van der Waals surface area contributed by atoms with Gasteiger partial charge in [-0.3, -0.25) is 14.9 Å². The molecule has 1 aliphatic carbocycles. The van der Waals surface area contributed by atoms with Crippen LogP contribution in [0.3, 0.4) is 0 Å². The third-order valence-electron chi connectivity index (χ3n) is 5.57. The molecular weight excluding hydrogens is 572 g/mol. The summed E-state index contributed by atoms with van der Waals surface area (Å²) < 4.78 is -0.377. The predicted molar refractivity (Wildman–Crippen MR) is 145 cm³/mol. The molecule has 4 aromatic rings. The minimum atomic E-state index is -1.32. The summed E-state index contributed by atoms with van der Waals surface area (Å²) in [5.41, 5.74) is 2.00. The molecule has 2 amide bonds. The molecule has 1 heterocycles. The van der Waals surface area contributed by atoms with Crippen LogP contribution in [0.5, 0.6) is 0 Å². The van der Waals surface area contributed by atoms with Gasteiger partial charge in [-0.05, 0) is 54.1 Å². The summed E-state index contributed by atoms with van der Waals surface area (Å²) in [5, 5.41) is 7.04. The number of hydrogen-bond donors (Lipinski definition) is 2. The largest absolute Gasteiger partial charge is 0.326 e. The van der Waals surface area contributed by atoms with Crippen molar-refractivity contribution < 1.29 is 9.59 Å². The lowest BCUT2D eigenvalue weighted by atomic mass is 10.1. The molecule has 1 aliphatic rings. The van der Waals surface area contributed by atoms with E-state index < -0.39 is 28.0 Å². The van der Waals surface area contributed by atoms with E-state index in [1.165, 1.54) is 23.5 Å². The maximum Gasteiger partial charge on any atom is 0.259 e. The Bertz CT molecular complexity index is 1440. The van der Waals surface area contributed by atoms with Gasteiger partial charge in [0, 0.05) is 21.7 Å². The summed E-state index contributed by atoms with van der Waals surface area (Å²) in [7, 11) is 0. The second kappa shape index (κ2) is 9.43. The van der Waals surface area contributed by atoms with Gasteiger partial charge in [0.1, 0.15) is 4.33 Å². The van der Waals surface area contributed by atoms with Crippen molar-refractivity contribution in [2.75, 3.05) is 10.6 Å². The van der Waals surface area contributed by atoms with E-state index in [1.807, 2.05) is 24.3 Å². The number of halogens is 5. The molecule has 0 spiro atoms. The minimum Gasteiger partial charge on any atom is -0.326 e. The summed E-state index contributed by atoms with van der Waals surface area (Å²) in [6, 6.07) is 17.1. The normalized spacial score (nSPS) is 18.3. The number of nitrogens with zero attached hydrogens (tertiary/aromatic N) is 1. The fourth-order valence-electron chi connectivity index (χ4n) is 3.91. The predicted octanol–water partition coefficient (Wildman–Crippen LogP) is 8.03. The number of alkyl halides is 2. The zero-order valence-electron chi connectivity index (χ0n) is 17.5. The highest BCUT2D eigenvalue weighted by atomic mass is 35.5. The second-order valence-electron chi connectivity index (χ2n) is 7.96. The van der Waals surface area contributed by atoms with Crippen molar-refractivity contribution >= 4 is 102 Å². The van der Waals surface area contributed by atoms with Gasteiger partial charge >= 0.3 is 0 Å². The summed E-state index contributed by atoms with van der Waals surface area (Å²) in [6.07, 6.45) is 0. The third-order valence-corrected chi connectivity index (χ3v) is 8.23. The topological polar surface area (TPSA) is 71.1 Å². The quantitative estimate of drug-likeness (QED) is 0.233. The third kappa shape index (κ3) is 4.96. The minimum absolute atomic E-state index is 0.181. The van der Waals surface area contributed by atoms with Gasteiger partial charge in [-0.1, -0.05) is 58.3 Å². The van der Waals surface area contributed by atoms with E-state index in [9.17, 15) is 9.59 Å². The number of hydrogen-bond acceptors (Lipinski definition) is 4. The molecule has 11 heteroatoms. The zero-order chi connectivity index (χ0) is 24.9. The first-order chi connectivity index (χ1) is 16.6. The molecule has 5 nitrogen and oxygen atoms in total. The monoisotopic (exact) mass is 583 g/mol. The van der Waals surface area contributed by atoms with Crippen molar-refractivity contribution in [2.45, 2.75) is 10.3 Å². The molecule has 0 aliphatic heterocycles. The molecule has 5 rings (SSSR count). The molecule has 1 saturated carbocycles. The van der Waals surface area contributed by atoms with Crippen LogP contribution in [-0.4, -0.2) is 21.1 Å². The molecule has 0 unspecified atom stereocenters. The molecule has 0 bridgehead atoms. The van der Waals surface area contributed by atoms with Crippen LogP contribution < -0.4 is 10.6 Å². The van der Waals surface area contributed by atoms with Crippen LogP contribution >= 0.6 is 69.3 Å². The smallest absolute Gasteiger partial charge is 0.259 e. The molecule has 1 aromatic heterocycles. The number of benzene rings is 3. The Kier molecular flexibility index (Phi) is 6.64. The van der Waals surface area contributed by atoms with Crippen LogP contribution in [0.4, 0.5) is 10.8 Å². The Labute approximate surface area is 229 Å². The van der Waals surface area contributed by atoms with Crippen molar-refractivity contribution in [1.82, 2.24) is 4.98 Å². The number of carbonyl (C=O) groups is 2. The number of nitrogens with one attached hydrogen (secondary N) is 2. The molecule has 1 fully saturated rings. The summed E-state index contributed by atoms with van der Waals surface area (Å²) >= 11 is 32.7. The number of anilines is 2. The van der Waals surface area contributed by atoms with E-state index in [-0.39, 0.29) is 10.6 Å². The average Bonchev–Trinajstić information content (AvgIpc) is 3.15. The summed E-state index contributed by atoms with van der Waals surface area (Å²) in [6.45, 7) is 0. The number of rotatable bonds is 5. The molecule has 3 aromatic carbocycles. The lowest BCUT2D eigenvalue weighted by molar-refractivity contribution is -0.117. The Morgan fingerprint density at radius 3 is 2.34 bits per heavy atom. The van der Waals surface area contributed by atoms with E-state index in [0.29, 0.717) is 26.4 Å². The van der Waals surface area contributed by atoms with Gasteiger partial charge in [-0.15, -0.1) is 23.2 Å². The van der Waals surface area contributed by atoms with Gasteiger partial charge in [0.2, 0.25) is 5.91 Å². The number of carbonyl (C=O) groups excluding carboxylic acids is 2. The zero-order valence-corrected chi connectivity index (χ0v) is 22.1. The van der Waals surface area contributed by atoms with E-state index in [1.54, 1.807) is 24.3 Å². The van der Waals surface area contributed by atoms with Crippen LogP contribution in [-0.2, 0) is 4.79 Å². The standard InChI is InChI=1S/C24H14Cl5N3O2S/c25-12-7-11(8-13(26)9-12)19-20(24(19,28)29)22(34)30-14-5-6-16(27)15(10-14)21(33)32-23-31-17-3-1-2-4-18(17)35-23/h1-10,19-20H,(H,30,34)(H,31,32,33)/t19-,20+/m1/s1. The van der Waals surface area contributed by atoms with Crippen molar-refractivity contribution in [3.63, 3.8) is 0 Å². The van der Waals surface area contributed by atoms with Crippen LogP contribution in [0.2, 0.25) is 15.1 Å². The van der Waals surface area contributed by atoms with Crippen LogP contribution in [0.25, 0.3) is 10.2 Å². The van der Waals surface area contributed by atoms with Gasteiger partial charge in [0.25, 0.3) is 5.91 Å². The Balaban J connectivity index is 1.33. The number of aromatic nitrogens is 1. The Hall–Kier alpha value is -2.06. The van der Waals surface area contributed by atoms with Crippen molar-refractivity contribution in [3.05, 3.63) is 86.9 Å². The Morgan fingerprint density at radius 1 is 0.914 bits per heavy atom. The fraction of sp³-hybridized carbons (Fsp3) is 0.125. The molecule has 0 saturated heterocycles. The van der Waals surface area contributed by atoms with Crippen molar-refractivity contribution in [1.29, 1.82) is 0 Å². The maximum atomic E-state index is 13.0. The highest BCUT2D eigenvalue weighted by Crippen LogP contribution is 2.65. The first-order valence-corrected chi connectivity index (χ1v) is 13.0. The molecule has 35 heavy (non-hydrogen) atoms.